The van der Waals surface area contributed by atoms with Crippen LogP contribution in [0.15, 0.2) is 58.4 Å². The summed E-state index contributed by atoms with van der Waals surface area (Å²) in [6.45, 7) is 2.09. The molecule has 0 spiro atoms. The number of pyridine rings is 1. The number of benzene rings is 1. The lowest BCUT2D eigenvalue weighted by molar-refractivity contribution is 0.372. The molecule has 0 aliphatic rings. The molecule has 5 rings (SSSR count). The van der Waals surface area contributed by atoms with Crippen molar-refractivity contribution in [2.75, 3.05) is 14.2 Å². The summed E-state index contributed by atoms with van der Waals surface area (Å²) < 4.78 is 34.5. The fraction of sp³-hybridized carbons (Fsp3) is 0.208. The Morgan fingerprint density at radius 2 is 1.97 bits per heavy atom. The van der Waals surface area contributed by atoms with Crippen molar-refractivity contribution in [3.05, 3.63) is 71.7 Å². The molecule has 0 amide bonds. The van der Waals surface area contributed by atoms with E-state index in [1.165, 1.54) is 26.4 Å². The van der Waals surface area contributed by atoms with E-state index >= 15 is 4.39 Å². The van der Waals surface area contributed by atoms with Crippen LogP contribution in [0.2, 0.25) is 0 Å². The number of ether oxygens (including phenoxy) is 2. The van der Waals surface area contributed by atoms with Gasteiger partial charge < -0.3 is 18.6 Å². The Morgan fingerprint density at radius 3 is 2.66 bits per heavy atom. The number of fused-ring (bicyclic) bond motifs is 1. The molecular weight excluding hydrogens is 453 g/mol. The van der Waals surface area contributed by atoms with E-state index in [0.29, 0.717) is 33.9 Å². The molecule has 0 fully saturated rings. The zero-order valence-electron chi connectivity index (χ0n) is 19.6. The van der Waals surface area contributed by atoms with Gasteiger partial charge in [-0.2, -0.15) is 5.10 Å². The van der Waals surface area contributed by atoms with Gasteiger partial charge in [-0.1, -0.05) is 5.16 Å². The molecule has 0 bridgehead atoms. The SMILES string of the molecule is COc1cc(/N=c2\ccc3ncc(-c4cnn(C)c4)nc3n2Cc2cc(C)no2)c(F)c(OC)c1. The van der Waals surface area contributed by atoms with Gasteiger partial charge in [0.25, 0.3) is 0 Å². The van der Waals surface area contributed by atoms with Crippen molar-refractivity contribution in [3.8, 4) is 22.8 Å². The van der Waals surface area contributed by atoms with Crippen LogP contribution in [0.25, 0.3) is 22.4 Å². The van der Waals surface area contributed by atoms with Crippen molar-refractivity contribution in [3.63, 3.8) is 0 Å². The maximum absolute atomic E-state index is 15.1. The predicted octanol–water partition coefficient (Wildman–Crippen LogP) is 3.57. The summed E-state index contributed by atoms with van der Waals surface area (Å²) in [6.07, 6.45) is 5.25. The van der Waals surface area contributed by atoms with Gasteiger partial charge in [-0.3, -0.25) is 9.67 Å². The Labute approximate surface area is 199 Å². The first-order valence-electron chi connectivity index (χ1n) is 10.7. The first-order valence-corrected chi connectivity index (χ1v) is 10.7. The van der Waals surface area contributed by atoms with Crippen molar-refractivity contribution < 1.29 is 18.4 Å². The third-order valence-corrected chi connectivity index (χ3v) is 5.38. The summed E-state index contributed by atoms with van der Waals surface area (Å²) in [4.78, 5) is 14.0. The van der Waals surface area contributed by atoms with Crippen molar-refractivity contribution >= 4 is 16.9 Å². The van der Waals surface area contributed by atoms with E-state index in [1.54, 1.807) is 33.8 Å². The third kappa shape index (κ3) is 4.35. The van der Waals surface area contributed by atoms with E-state index < -0.39 is 5.82 Å². The van der Waals surface area contributed by atoms with E-state index in [0.717, 1.165) is 11.3 Å². The van der Waals surface area contributed by atoms with Crippen LogP contribution in [0.5, 0.6) is 11.5 Å². The summed E-state index contributed by atoms with van der Waals surface area (Å²) in [7, 11) is 4.71. The minimum absolute atomic E-state index is 0.0277. The number of nitrogens with zero attached hydrogens (tertiary/aromatic N) is 7. The zero-order chi connectivity index (χ0) is 24.5. The van der Waals surface area contributed by atoms with Gasteiger partial charge >= 0.3 is 0 Å². The fourth-order valence-electron chi connectivity index (χ4n) is 3.68. The molecule has 10 nitrogen and oxygen atoms in total. The maximum atomic E-state index is 15.1. The summed E-state index contributed by atoms with van der Waals surface area (Å²) in [5, 5.41) is 8.19. The summed E-state index contributed by atoms with van der Waals surface area (Å²) in [5.41, 5.74) is 3.85. The van der Waals surface area contributed by atoms with Crippen LogP contribution >= 0.6 is 0 Å². The number of aryl methyl sites for hydroxylation is 2. The second-order valence-corrected chi connectivity index (χ2v) is 7.85. The van der Waals surface area contributed by atoms with Crippen molar-refractivity contribution in [1.82, 2.24) is 29.5 Å². The molecule has 4 aromatic heterocycles. The van der Waals surface area contributed by atoms with Crippen molar-refractivity contribution in [2.45, 2.75) is 13.5 Å². The van der Waals surface area contributed by atoms with E-state index in [9.17, 15) is 0 Å². The summed E-state index contributed by atoms with van der Waals surface area (Å²) in [5.74, 6) is 0.429. The van der Waals surface area contributed by atoms with Crippen molar-refractivity contribution in [1.29, 1.82) is 0 Å². The van der Waals surface area contributed by atoms with Gasteiger partial charge in [0, 0.05) is 37.0 Å². The molecular formula is C24H22FN7O3. The van der Waals surface area contributed by atoms with Gasteiger partial charge in [-0.15, -0.1) is 0 Å². The molecule has 0 saturated carbocycles. The van der Waals surface area contributed by atoms with Gasteiger partial charge in [0.05, 0.1) is 44.5 Å². The van der Waals surface area contributed by atoms with E-state index in [-0.39, 0.29) is 18.0 Å². The molecule has 178 valence electrons. The molecule has 0 N–H and O–H groups in total. The number of rotatable bonds is 6. The van der Waals surface area contributed by atoms with Gasteiger partial charge in [-0.05, 0) is 19.1 Å². The number of hydrogen-bond acceptors (Lipinski definition) is 8. The molecule has 0 saturated heterocycles. The average Bonchev–Trinajstić information content (AvgIpc) is 3.49. The van der Waals surface area contributed by atoms with Crippen LogP contribution in [0.3, 0.4) is 0 Å². The quantitative estimate of drug-likeness (QED) is 0.370. The van der Waals surface area contributed by atoms with Crippen LogP contribution in [0.4, 0.5) is 10.1 Å². The molecule has 4 heterocycles. The monoisotopic (exact) mass is 475 g/mol. The first-order chi connectivity index (χ1) is 16.9. The average molecular weight is 475 g/mol. The Kier molecular flexibility index (Phi) is 5.73. The molecule has 0 aliphatic carbocycles. The van der Waals surface area contributed by atoms with Gasteiger partial charge in [0.1, 0.15) is 22.4 Å². The molecule has 11 heteroatoms. The first kappa shape index (κ1) is 22.3. The largest absolute Gasteiger partial charge is 0.497 e. The number of methoxy groups -OCH3 is 2. The lowest BCUT2D eigenvalue weighted by Gasteiger charge is -2.11. The Balaban J connectivity index is 1.76. The predicted molar refractivity (Wildman–Crippen MR) is 125 cm³/mol. The maximum Gasteiger partial charge on any atom is 0.190 e. The van der Waals surface area contributed by atoms with Crippen LogP contribution in [-0.4, -0.2) is 43.7 Å². The van der Waals surface area contributed by atoms with Crippen LogP contribution in [-0.2, 0) is 13.6 Å². The second-order valence-electron chi connectivity index (χ2n) is 7.85. The second kappa shape index (κ2) is 9.01. The fourth-order valence-corrected chi connectivity index (χ4v) is 3.68. The van der Waals surface area contributed by atoms with Crippen LogP contribution in [0.1, 0.15) is 11.5 Å². The Hall–Kier alpha value is -4.54. The Morgan fingerprint density at radius 1 is 1.11 bits per heavy atom. The molecule has 35 heavy (non-hydrogen) atoms. The lowest BCUT2D eigenvalue weighted by Crippen LogP contribution is -2.22. The summed E-state index contributed by atoms with van der Waals surface area (Å²) in [6, 6.07) is 8.32. The molecule has 5 aromatic rings. The molecule has 0 radical (unpaired) electrons. The highest BCUT2D eigenvalue weighted by Crippen LogP contribution is 2.32. The van der Waals surface area contributed by atoms with Gasteiger partial charge in [0.2, 0.25) is 0 Å². The molecule has 0 unspecified atom stereocenters. The number of aromatic nitrogens is 6. The Bertz CT molecular complexity index is 1600. The zero-order valence-corrected chi connectivity index (χ0v) is 19.6. The third-order valence-electron chi connectivity index (χ3n) is 5.38. The lowest BCUT2D eigenvalue weighted by atomic mass is 10.2. The van der Waals surface area contributed by atoms with Gasteiger partial charge in [0.15, 0.2) is 23.0 Å². The molecule has 0 atom stereocenters. The minimum Gasteiger partial charge on any atom is -0.497 e. The highest BCUT2D eigenvalue weighted by atomic mass is 19.1. The van der Waals surface area contributed by atoms with Gasteiger partial charge in [-0.25, -0.2) is 14.4 Å². The topological polar surface area (TPSA) is 105 Å². The number of halogens is 1. The van der Waals surface area contributed by atoms with E-state index in [1.807, 2.05) is 26.2 Å². The van der Waals surface area contributed by atoms with E-state index in [2.05, 4.69) is 20.2 Å². The summed E-state index contributed by atoms with van der Waals surface area (Å²) >= 11 is 0. The van der Waals surface area contributed by atoms with Crippen LogP contribution in [0, 0.1) is 12.7 Å². The standard InChI is InChI=1S/C24H22FN7O3/c1-14-7-17(35-30-14)13-32-22(28-19-8-16(33-3)9-21(34-4)23(19)25)6-5-18-24(32)29-20(11-26-18)15-10-27-31(2)12-15/h5-12H,13H2,1-4H3/b28-22+. The van der Waals surface area contributed by atoms with Crippen molar-refractivity contribution in [2.24, 2.45) is 12.0 Å². The van der Waals surface area contributed by atoms with E-state index in [4.69, 9.17) is 19.0 Å². The highest BCUT2D eigenvalue weighted by Gasteiger charge is 2.15. The molecule has 0 aliphatic heterocycles. The van der Waals surface area contributed by atoms with Crippen LogP contribution < -0.4 is 15.0 Å². The highest BCUT2D eigenvalue weighted by molar-refractivity contribution is 5.73. The minimum atomic E-state index is -0.606. The normalized spacial score (nSPS) is 11.9. The number of hydrogen-bond donors (Lipinski definition) is 0. The molecule has 1 aromatic carbocycles. The smallest absolute Gasteiger partial charge is 0.190 e.